The molecular weight excluding hydrogens is 150 g/mol. The van der Waals surface area contributed by atoms with Crippen molar-refractivity contribution in [2.75, 3.05) is 0 Å². The predicted octanol–water partition coefficient (Wildman–Crippen LogP) is 2.23. The third-order valence-corrected chi connectivity index (χ3v) is 2.82. The Morgan fingerprint density at radius 2 is 2.08 bits per heavy atom. The molecule has 0 atom stereocenters. The van der Waals surface area contributed by atoms with Gasteiger partial charge in [-0.05, 0) is 39.2 Å². The zero-order valence-electron chi connectivity index (χ0n) is 7.68. The van der Waals surface area contributed by atoms with E-state index in [1.54, 1.807) is 0 Å². The fourth-order valence-electron chi connectivity index (χ4n) is 1.95. The minimum atomic E-state index is -0.0676. The van der Waals surface area contributed by atoms with Gasteiger partial charge in [-0.2, -0.15) is 0 Å². The van der Waals surface area contributed by atoms with E-state index < -0.39 is 0 Å². The molecule has 1 heterocycles. The number of nitrogens with two attached hydrogens (primary N) is 1. The van der Waals surface area contributed by atoms with Crippen LogP contribution in [-0.2, 0) is 5.54 Å². The van der Waals surface area contributed by atoms with Gasteiger partial charge in [0.2, 0.25) is 0 Å². The van der Waals surface area contributed by atoms with Gasteiger partial charge < -0.3 is 10.2 Å². The lowest BCUT2D eigenvalue weighted by Gasteiger charge is -2.37. The van der Waals surface area contributed by atoms with Gasteiger partial charge in [-0.15, -0.1) is 0 Å². The monoisotopic (exact) mass is 165 g/mol. The molecule has 0 aliphatic heterocycles. The molecule has 2 heteroatoms. The first-order valence-electron chi connectivity index (χ1n) is 4.48. The van der Waals surface area contributed by atoms with E-state index in [2.05, 4.69) is 6.07 Å². The summed E-state index contributed by atoms with van der Waals surface area (Å²) in [5.74, 6) is 1.97. The lowest BCUT2D eigenvalue weighted by atomic mass is 9.73. The van der Waals surface area contributed by atoms with Crippen molar-refractivity contribution in [2.45, 2.75) is 38.6 Å². The molecule has 0 amide bonds. The molecule has 12 heavy (non-hydrogen) atoms. The molecule has 1 saturated carbocycles. The van der Waals surface area contributed by atoms with Crippen molar-refractivity contribution in [2.24, 2.45) is 5.73 Å². The fourth-order valence-corrected chi connectivity index (χ4v) is 1.95. The van der Waals surface area contributed by atoms with Crippen molar-refractivity contribution >= 4 is 0 Å². The third kappa shape index (κ3) is 0.985. The molecule has 0 radical (unpaired) electrons. The third-order valence-electron chi connectivity index (χ3n) is 2.82. The summed E-state index contributed by atoms with van der Waals surface area (Å²) >= 11 is 0. The Morgan fingerprint density at radius 1 is 1.42 bits per heavy atom. The van der Waals surface area contributed by atoms with E-state index in [9.17, 15) is 0 Å². The van der Waals surface area contributed by atoms with Crippen molar-refractivity contribution in [3.05, 3.63) is 23.2 Å². The lowest BCUT2D eigenvalue weighted by molar-refractivity contribution is 0.249. The van der Waals surface area contributed by atoms with Gasteiger partial charge in [0, 0.05) is 11.1 Å². The van der Waals surface area contributed by atoms with E-state index >= 15 is 0 Å². The van der Waals surface area contributed by atoms with Crippen molar-refractivity contribution in [1.29, 1.82) is 0 Å². The molecule has 1 aliphatic rings. The van der Waals surface area contributed by atoms with Crippen LogP contribution in [0.3, 0.4) is 0 Å². The maximum Gasteiger partial charge on any atom is 0.106 e. The number of hydrogen-bond acceptors (Lipinski definition) is 2. The highest BCUT2D eigenvalue weighted by Gasteiger charge is 2.36. The molecule has 1 fully saturated rings. The molecule has 0 unspecified atom stereocenters. The molecule has 2 rings (SSSR count). The van der Waals surface area contributed by atoms with Gasteiger partial charge in [-0.25, -0.2) is 0 Å². The maximum absolute atomic E-state index is 6.18. The predicted molar refractivity (Wildman–Crippen MR) is 47.9 cm³/mol. The summed E-state index contributed by atoms with van der Waals surface area (Å²) in [6.45, 7) is 3.97. The van der Waals surface area contributed by atoms with E-state index in [0.29, 0.717) is 0 Å². The largest absolute Gasteiger partial charge is 0.466 e. The number of aryl methyl sites for hydroxylation is 2. The Balaban J connectivity index is 2.38. The molecule has 1 aliphatic carbocycles. The van der Waals surface area contributed by atoms with Crippen LogP contribution >= 0.6 is 0 Å². The van der Waals surface area contributed by atoms with Gasteiger partial charge in [0.05, 0.1) is 0 Å². The van der Waals surface area contributed by atoms with Gasteiger partial charge in [0.15, 0.2) is 0 Å². The van der Waals surface area contributed by atoms with Gasteiger partial charge in [-0.3, -0.25) is 0 Å². The SMILES string of the molecule is Cc1cc(C2(N)CCC2)c(C)o1. The molecule has 1 aromatic rings. The zero-order chi connectivity index (χ0) is 8.77. The minimum Gasteiger partial charge on any atom is -0.466 e. The molecule has 2 N–H and O–H groups in total. The number of hydrogen-bond donors (Lipinski definition) is 1. The van der Waals surface area contributed by atoms with E-state index in [1.807, 2.05) is 13.8 Å². The highest BCUT2D eigenvalue weighted by atomic mass is 16.3. The van der Waals surface area contributed by atoms with Crippen LogP contribution in [0.2, 0.25) is 0 Å². The second kappa shape index (κ2) is 2.36. The Bertz CT molecular complexity index is 297. The van der Waals surface area contributed by atoms with Crippen LogP contribution in [0.15, 0.2) is 10.5 Å². The fraction of sp³-hybridized carbons (Fsp3) is 0.600. The van der Waals surface area contributed by atoms with Crippen LogP contribution in [-0.4, -0.2) is 0 Å². The van der Waals surface area contributed by atoms with Gasteiger partial charge >= 0.3 is 0 Å². The molecule has 1 aromatic heterocycles. The lowest BCUT2D eigenvalue weighted by Crippen LogP contribution is -2.43. The minimum absolute atomic E-state index is 0.0676. The van der Waals surface area contributed by atoms with Crippen LogP contribution in [0.1, 0.15) is 36.3 Å². The van der Waals surface area contributed by atoms with Crippen molar-refractivity contribution in [3.8, 4) is 0 Å². The van der Waals surface area contributed by atoms with Crippen LogP contribution in [0.4, 0.5) is 0 Å². The van der Waals surface area contributed by atoms with Crippen LogP contribution in [0, 0.1) is 13.8 Å². The van der Waals surface area contributed by atoms with Gasteiger partial charge in [-0.1, -0.05) is 0 Å². The molecule has 66 valence electrons. The maximum atomic E-state index is 6.18. The Labute approximate surface area is 72.7 Å². The standard InChI is InChI=1S/C10H15NO/c1-7-6-9(8(2)12-7)10(11)4-3-5-10/h6H,3-5,11H2,1-2H3. The van der Waals surface area contributed by atoms with E-state index in [4.69, 9.17) is 10.2 Å². The molecule has 0 bridgehead atoms. The quantitative estimate of drug-likeness (QED) is 0.693. The number of rotatable bonds is 1. The molecule has 0 spiro atoms. The highest BCUT2D eigenvalue weighted by Crippen LogP contribution is 2.40. The van der Waals surface area contributed by atoms with Gasteiger partial charge in [0.25, 0.3) is 0 Å². The summed E-state index contributed by atoms with van der Waals surface area (Å²) in [4.78, 5) is 0. The van der Waals surface area contributed by atoms with Crippen LogP contribution in [0.5, 0.6) is 0 Å². The second-order valence-electron chi connectivity index (χ2n) is 3.84. The summed E-state index contributed by atoms with van der Waals surface area (Å²) in [5, 5.41) is 0. The summed E-state index contributed by atoms with van der Waals surface area (Å²) in [6.07, 6.45) is 3.46. The van der Waals surface area contributed by atoms with E-state index in [1.165, 1.54) is 12.0 Å². The van der Waals surface area contributed by atoms with E-state index in [0.717, 1.165) is 24.4 Å². The first-order valence-corrected chi connectivity index (χ1v) is 4.48. The summed E-state index contributed by atoms with van der Waals surface area (Å²) < 4.78 is 5.46. The van der Waals surface area contributed by atoms with E-state index in [-0.39, 0.29) is 5.54 Å². The van der Waals surface area contributed by atoms with Crippen molar-refractivity contribution in [3.63, 3.8) is 0 Å². The molecule has 0 saturated heterocycles. The average molecular weight is 165 g/mol. The van der Waals surface area contributed by atoms with Crippen molar-refractivity contribution < 1.29 is 4.42 Å². The highest BCUT2D eigenvalue weighted by molar-refractivity contribution is 5.30. The normalized spacial score (nSPS) is 20.6. The summed E-state index contributed by atoms with van der Waals surface area (Å²) in [6, 6.07) is 2.08. The van der Waals surface area contributed by atoms with Gasteiger partial charge in [0.1, 0.15) is 11.5 Å². The molecule has 0 aromatic carbocycles. The van der Waals surface area contributed by atoms with Crippen molar-refractivity contribution in [1.82, 2.24) is 0 Å². The second-order valence-corrected chi connectivity index (χ2v) is 3.84. The Morgan fingerprint density at radius 3 is 2.42 bits per heavy atom. The van der Waals surface area contributed by atoms with Crippen LogP contribution in [0.25, 0.3) is 0 Å². The Kier molecular flexibility index (Phi) is 1.55. The summed E-state index contributed by atoms with van der Waals surface area (Å²) in [5.41, 5.74) is 7.32. The summed E-state index contributed by atoms with van der Waals surface area (Å²) in [7, 11) is 0. The Hall–Kier alpha value is -0.760. The zero-order valence-corrected chi connectivity index (χ0v) is 7.68. The van der Waals surface area contributed by atoms with Crippen LogP contribution < -0.4 is 5.73 Å². The topological polar surface area (TPSA) is 39.2 Å². The first kappa shape index (κ1) is 7.87. The molecular formula is C10H15NO. The average Bonchev–Trinajstić information content (AvgIpc) is 2.25. The molecule has 2 nitrogen and oxygen atoms in total. The first-order chi connectivity index (χ1) is 5.62. The number of furan rings is 1. The smallest absolute Gasteiger partial charge is 0.106 e.